The molecule has 1 amide bonds. The predicted octanol–water partition coefficient (Wildman–Crippen LogP) is 4.26. The number of nitrogens with one attached hydrogen (secondary N) is 3. The number of nitrogens with zero attached hydrogens (tertiary/aromatic N) is 2. The van der Waals surface area contributed by atoms with Crippen molar-refractivity contribution in [3.63, 3.8) is 0 Å². The molecule has 8 nitrogen and oxygen atoms in total. The number of carbonyl (C=O) groups is 1. The van der Waals surface area contributed by atoms with Gasteiger partial charge in [-0.25, -0.2) is 9.97 Å². The van der Waals surface area contributed by atoms with E-state index in [0.717, 1.165) is 58.7 Å². The van der Waals surface area contributed by atoms with Crippen molar-refractivity contribution in [2.75, 3.05) is 38.7 Å². The molecule has 2 aromatic carbocycles. The van der Waals surface area contributed by atoms with Gasteiger partial charge >= 0.3 is 0 Å². The lowest BCUT2D eigenvalue weighted by Crippen LogP contribution is -2.26. The van der Waals surface area contributed by atoms with Crippen LogP contribution >= 0.6 is 0 Å². The Morgan fingerprint density at radius 2 is 1.94 bits per heavy atom. The van der Waals surface area contributed by atoms with E-state index in [9.17, 15) is 4.79 Å². The van der Waals surface area contributed by atoms with Crippen LogP contribution < -0.4 is 10.6 Å². The molecular weight excluding hydrogens is 442 g/mol. The van der Waals surface area contributed by atoms with Gasteiger partial charge in [-0.05, 0) is 36.1 Å². The Labute approximate surface area is 204 Å². The number of hydrogen-bond donors (Lipinski definition) is 3. The van der Waals surface area contributed by atoms with Gasteiger partial charge in [-0.1, -0.05) is 42.5 Å². The zero-order valence-electron chi connectivity index (χ0n) is 19.7. The smallest absolute Gasteiger partial charge is 0.251 e. The van der Waals surface area contributed by atoms with Gasteiger partial charge in [-0.3, -0.25) is 4.79 Å². The number of ether oxygens (including phenoxy) is 2. The maximum absolute atomic E-state index is 12.4. The number of aromatic nitrogens is 3. The van der Waals surface area contributed by atoms with Crippen molar-refractivity contribution in [1.29, 1.82) is 0 Å². The lowest BCUT2D eigenvalue weighted by molar-refractivity contribution is 0.0937. The van der Waals surface area contributed by atoms with Crippen LogP contribution in [0.1, 0.15) is 23.2 Å². The Bertz CT molecular complexity index is 1280. The van der Waals surface area contributed by atoms with Gasteiger partial charge in [0.25, 0.3) is 5.91 Å². The second-order valence-corrected chi connectivity index (χ2v) is 8.53. The number of methoxy groups -OCH3 is 1. The summed E-state index contributed by atoms with van der Waals surface area (Å²) in [5.41, 5.74) is 5.32. The highest BCUT2D eigenvalue weighted by molar-refractivity contribution is 6.07. The van der Waals surface area contributed by atoms with Crippen molar-refractivity contribution < 1.29 is 14.3 Å². The normalized spacial score (nSPS) is 15.4. The third-order valence-corrected chi connectivity index (χ3v) is 6.20. The third kappa shape index (κ3) is 5.03. The highest BCUT2D eigenvalue weighted by Gasteiger charge is 2.21. The lowest BCUT2D eigenvalue weighted by atomic mass is 9.98. The first-order valence-electron chi connectivity index (χ1n) is 11.9. The molecule has 3 N–H and O–H groups in total. The Morgan fingerprint density at radius 3 is 2.69 bits per heavy atom. The van der Waals surface area contributed by atoms with E-state index in [0.29, 0.717) is 25.3 Å². The van der Waals surface area contributed by atoms with Crippen LogP contribution in [0.5, 0.6) is 0 Å². The summed E-state index contributed by atoms with van der Waals surface area (Å²) in [6.45, 7) is 2.46. The van der Waals surface area contributed by atoms with E-state index in [1.54, 1.807) is 13.4 Å². The van der Waals surface area contributed by atoms with Crippen molar-refractivity contribution in [2.24, 2.45) is 0 Å². The molecule has 0 saturated carbocycles. The molecule has 35 heavy (non-hydrogen) atoms. The molecule has 180 valence electrons. The number of fused-ring (bicyclic) bond motifs is 1. The molecule has 1 aliphatic rings. The molecule has 3 heterocycles. The molecule has 2 aromatic heterocycles. The van der Waals surface area contributed by atoms with Crippen molar-refractivity contribution >= 4 is 22.8 Å². The number of H-pyrrole nitrogens is 1. The van der Waals surface area contributed by atoms with Crippen LogP contribution in [-0.2, 0) is 9.47 Å². The zero-order valence-corrected chi connectivity index (χ0v) is 19.7. The van der Waals surface area contributed by atoms with E-state index in [2.05, 4.69) is 37.7 Å². The number of hydrogen-bond acceptors (Lipinski definition) is 6. The number of benzene rings is 2. The Kier molecular flexibility index (Phi) is 7.02. The van der Waals surface area contributed by atoms with Gasteiger partial charge in [0.1, 0.15) is 17.8 Å². The molecule has 0 radical (unpaired) electrons. The fraction of sp³-hybridized carbons (Fsp3) is 0.296. The monoisotopic (exact) mass is 471 g/mol. The van der Waals surface area contributed by atoms with Crippen LogP contribution in [0.4, 0.5) is 5.82 Å². The summed E-state index contributed by atoms with van der Waals surface area (Å²) in [5.74, 6) is 0.654. The predicted molar refractivity (Wildman–Crippen MR) is 136 cm³/mol. The summed E-state index contributed by atoms with van der Waals surface area (Å²) in [4.78, 5) is 25.0. The first kappa shape index (κ1) is 23.0. The fourth-order valence-electron chi connectivity index (χ4n) is 4.44. The molecule has 1 unspecified atom stereocenters. The van der Waals surface area contributed by atoms with E-state index in [1.807, 2.05) is 42.5 Å². The summed E-state index contributed by atoms with van der Waals surface area (Å²) < 4.78 is 10.8. The second-order valence-electron chi connectivity index (χ2n) is 8.53. The zero-order chi connectivity index (χ0) is 24.0. The van der Waals surface area contributed by atoms with Gasteiger partial charge in [-0.15, -0.1) is 0 Å². The highest BCUT2D eigenvalue weighted by atomic mass is 16.5. The van der Waals surface area contributed by atoms with Gasteiger partial charge in [0.2, 0.25) is 0 Å². The summed E-state index contributed by atoms with van der Waals surface area (Å²) in [6, 6.07) is 17.8. The average Bonchev–Trinajstić information content (AvgIpc) is 3.56. The molecule has 1 fully saturated rings. The van der Waals surface area contributed by atoms with Gasteiger partial charge < -0.3 is 25.1 Å². The van der Waals surface area contributed by atoms with Gasteiger partial charge in [0.15, 0.2) is 0 Å². The van der Waals surface area contributed by atoms with E-state index in [4.69, 9.17) is 9.47 Å². The number of rotatable bonds is 9. The van der Waals surface area contributed by atoms with E-state index < -0.39 is 0 Å². The van der Waals surface area contributed by atoms with Crippen LogP contribution in [0.25, 0.3) is 33.4 Å². The maximum atomic E-state index is 12.4. The minimum Gasteiger partial charge on any atom is -0.383 e. The van der Waals surface area contributed by atoms with Crippen LogP contribution in [0.3, 0.4) is 0 Å². The number of amides is 1. The quantitative estimate of drug-likeness (QED) is 0.315. The molecule has 0 aliphatic carbocycles. The summed E-state index contributed by atoms with van der Waals surface area (Å²) in [6.07, 6.45) is 3.91. The summed E-state index contributed by atoms with van der Waals surface area (Å²) in [7, 11) is 1.61. The number of aromatic amines is 1. The molecule has 5 rings (SSSR count). The van der Waals surface area contributed by atoms with E-state index >= 15 is 0 Å². The molecule has 1 atom stereocenters. The Balaban J connectivity index is 1.52. The molecule has 4 aromatic rings. The standard InChI is InChI=1S/C27H29N5O3/c1-34-15-13-28-27(33)20-11-9-19(10-12-20)24-22(18-6-3-2-4-7-18)23-25(30-17-31-26(23)32-24)29-16-21-8-5-14-35-21/h2-4,6-7,9-12,17,21H,5,8,13-16H2,1H3,(H,28,33)(H2,29,30,31,32). The van der Waals surface area contributed by atoms with Crippen molar-refractivity contribution in [2.45, 2.75) is 18.9 Å². The first-order valence-corrected chi connectivity index (χ1v) is 11.9. The molecular formula is C27H29N5O3. The van der Waals surface area contributed by atoms with Crippen LogP contribution in [0.15, 0.2) is 60.9 Å². The largest absolute Gasteiger partial charge is 0.383 e. The Hall–Kier alpha value is -3.75. The van der Waals surface area contributed by atoms with Gasteiger partial charge in [0.05, 0.1) is 23.8 Å². The molecule has 0 spiro atoms. The molecule has 1 aliphatic heterocycles. The van der Waals surface area contributed by atoms with Crippen LogP contribution in [0.2, 0.25) is 0 Å². The summed E-state index contributed by atoms with van der Waals surface area (Å²) >= 11 is 0. The second kappa shape index (κ2) is 10.7. The minimum atomic E-state index is -0.125. The molecule has 8 heteroatoms. The van der Waals surface area contributed by atoms with E-state index in [-0.39, 0.29) is 12.0 Å². The maximum Gasteiger partial charge on any atom is 0.251 e. The number of carbonyl (C=O) groups excluding carboxylic acids is 1. The highest BCUT2D eigenvalue weighted by Crippen LogP contribution is 2.40. The van der Waals surface area contributed by atoms with Crippen molar-refractivity contribution in [3.05, 3.63) is 66.5 Å². The van der Waals surface area contributed by atoms with Crippen molar-refractivity contribution in [3.8, 4) is 22.4 Å². The Morgan fingerprint density at radius 1 is 1.11 bits per heavy atom. The first-order chi connectivity index (χ1) is 17.2. The van der Waals surface area contributed by atoms with Gasteiger partial charge in [0, 0.05) is 37.9 Å². The number of anilines is 1. The SMILES string of the molecule is COCCNC(=O)c1ccc(-c2[nH]c3ncnc(NCC4CCCO4)c3c2-c2ccccc2)cc1. The fourth-order valence-corrected chi connectivity index (χ4v) is 4.44. The molecule has 1 saturated heterocycles. The van der Waals surface area contributed by atoms with Crippen molar-refractivity contribution in [1.82, 2.24) is 20.3 Å². The third-order valence-electron chi connectivity index (χ3n) is 6.20. The lowest BCUT2D eigenvalue weighted by Gasteiger charge is -2.13. The van der Waals surface area contributed by atoms with Gasteiger partial charge in [-0.2, -0.15) is 0 Å². The minimum absolute atomic E-state index is 0.125. The topological polar surface area (TPSA) is 101 Å². The van der Waals surface area contributed by atoms with Crippen LogP contribution in [-0.4, -0.2) is 60.4 Å². The summed E-state index contributed by atoms with van der Waals surface area (Å²) in [5, 5.41) is 7.29. The molecule has 0 bridgehead atoms. The van der Waals surface area contributed by atoms with E-state index in [1.165, 1.54) is 0 Å². The van der Waals surface area contributed by atoms with Crippen LogP contribution in [0, 0.1) is 0 Å². The average molecular weight is 472 g/mol.